The third-order valence-corrected chi connectivity index (χ3v) is 6.94. The van der Waals surface area contributed by atoms with Crippen LogP contribution in [0.25, 0.3) is 0 Å². The fourth-order valence-electron chi connectivity index (χ4n) is 5.14. The summed E-state index contributed by atoms with van der Waals surface area (Å²) in [5.41, 5.74) is 3.77. The second kappa shape index (κ2) is 11.1. The first kappa shape index (κ1) is 26.3. The maximum Gasteiger partial charge on any atom is 0.336 e. The Balaban J connectivity index is 1.80. The van der Waals surface area contributed by atoms with Gasteiger partial charge in [-0.2, -0.15) is 0 Å². The van der Waals surface area contributed by atoms with Gasteiger partial charge in [-0.1, -0.05) is 38.1 Å². The van der Waals surface area contributed by atoms with Gasteiger partial charge in [-0.05, 0) is 48.2 Å². The normalized spacial score (nSPS) is 21.1. The van der Waals surface area contributed by atoms with Crippen LogP contribution in [0.3, 0.4) is 0 Å². The molecule has 0 aromatic heterocycles. The summed E-state index contributed by atoms with van der Waals surface area (Å²) in [7, 11) is 4.77. The number of carbonyl (C=O) groups is 2. The first-order chi connectivity index (χ1) is 17.8. The highest BCUT2D eigenvalue weighted by atomic mass is 16.5. The van der Waals surface area contributed by atoms with Crippen molar-refractivity contribution in [3.05, 3.63) is 76.6 Å². The SMILES string of the molecule is COc1ccc(C2C=C3NC(C)=C(C(=O)OCC(C)C)C(c4ccc(OC)c(OC)c4)C3C(=O)C2)cc1. The van der Waals surface area contributed by atoms with Crippen molar-refractivity contribution in [2.45, 2.75) is 39.0 Å². The van der Waals surface area contributed by atoms with E-state index in [0.717, 1.165) is 22.6 Å². The van der Waals surface area contributed by atoms with Crippen LogP contribution in [-0.4, -0.2) is 39.7 Å². The Morgan fingerprint density at radius 1 is 0.946 bits per heavy atom. The van der Waals surface area contributed by atoms with E-state index in [1.165, 1.54) is 0 Å². The highest BCUT2D eigenvalue weighted by Crippen LogP contribution is 2.47. The highest BCUT2D eigenvalue weighted by Gasteiger charge is 2.45. The molecule has 2 aromatic rings. The largest absolute Gasteiger partial charge is 0.497 e. The average Bonchev–Trinajstić information content (AvgIpc) is 2.90. The van der Waals surface area contributed by atoms with Crippen molar-refractivity contribution in [2.75, 3.05) is 27.9 Å². The number of benzene rings is 2. The van der Waals surface area contributed by atoms with Gasteiger partial charge in [0, 0.05) is 29.7 Å². The van der Waals surface area contributed by atoms with Crippen LogP contribution in [0.5, 0.6) is 17.2 Å². The van der Waals surface area contributed by atoms with Gasteiger partial charge in [-0.15, -0.1) is 0 Å². The summed E-state index contributed by atoms with van der Waals surface area (Å²) in [6.07, 6.45) is 2.45. The van der Waals surface area contributed by atoms with Gasteiger partial charge in [-0.3, -0.25) is 4.79 Å². The molecular formula is C30H35NO6. The minimum atomic E-state index is -0.544. The predicted octanol–water partition coefficient (Wildman–Crippen LogP) is 5.13. The monoisotopic (exact) mass is 505 g/mol. The van der Waals surface area contributed by atoms with E-state index in [9.17, 15) is 9.59 Å². The molecule has 3 atom stereocenters. The lowest BCUT2D eigenvalue weighted by Crippen LogP contribution is -2.42. The molecule has 2 aliphatic rings. The van der Waals surface area contributed by atoms with Crippen LogP contribution in [0.1, 0.15) is 50.2 Å². The van der Waals surface area contributed by atoms with Gasteiger partial charge < -0.3 is 24.3 Å². The molecule has 4 rings (SSSR count). The Morgan fingerprint density at radius 2 is 1.62 bits per heavy atom. The van der Waals surface area contributed by atoms with Gasteiger partial charge in [0.05, 0.1) is 39.4 Å². The number of allylic oxidation sites excluding steroid dienone is 3. The summed E-state index contributed by atoms with van der Waals surface area (Å²) in [6, 6.07) is 13.3. The predicted molar refractivity (Wildman–Crippen MR) is 141 cm³/mol. The second-order valence-electron chi connectivity index (χ2n) is 9.90. The molecule has 2 aromatic carbocycles. The smallest absolute Gasteiger partial charge is 0.336 e. The maximum atomic E-state index is 13.8. The summed E-state index contributed by atoms with van der Waals surface area (Å²) in [5.74, 6) is 0.586. The molecule has 1 aliphatic heterocycles. The Bertz CT molecular complexity index is 1230. The summed E-state index contributed by atoms with van der Waals surface area (Å²) < 4.78 is 21.9. The summed E-state index contributed by atoms with van der Waals surface area (Å²) in [4.78, 5) is 27.2. The molecule has 0 bridgehead atoms. The molecule has 0 spiro atoms. The Hall–Kier alpha value is -3.74. The topological polar surface area (TPSA) is 83.1 Å². The Kier molecular flexibility index (Phi) is 7.91. The van der Waals surface area contributed by atoms with Crippen LogP contribution in [-0.2, 0) is 14.3 Å². The van der Waals surface area contributed by atoms with Crippen molar-refractivity contribution in [1.82, 2.24) is 5.32 Å². The van der Waals surface area contributed by atoms with Crippen LogP contribution in [0, 0.1) is 11.8 Å². The number of esters is 1. The second-order valence-corrected chi connectivity index (χ2v) is 9.90. The standard InChI is InChI=1S/C30H35NO6/c1-17(2)16-37-30(33)27-18(3)31-23-13-21(19-7-10-22(34-4)11-8-19)14-24(32)29(23)28(27)20-9-12-25(35-5)26(15-20)36-6/h7-13,15,17,21,28-29,31H,14,16H2,1-6H3. The zero-order chi connectivity index (χ0) is 26.7. The number of hydrogen-bond donors (Lipinski definition) is 1. The summed E-state index contributed by atoms with van der Waals surface area (Å²) >= 11 is 0. The molecule has 196 valence electrons. The number of hydrogen-bond acceptors (Lipinski definition) is 7. The number of carbonyl (C=O) groups excluding carboxylic acids is 2. The fraction of sp³-hybridized carbons (Fsp3) is 0.400. The van der Waals surface area contributed by atoms with E-state index < -0.39 is 17.8 Å². The molecule has 0 radical (unpaired) electrons. The van der Waals surface area contributed by atoms with E-state index in [0.29, 0.717) is 35.8 Å². The Labute approximate surface area is 218 Å². The minimum absolute atomic E-state index is 0.0623. The number of fused-ring (bicyclic) bond motifs is 1. The van der Waals surface area contributed by atoms with Crippen molar-refractivity contribution in [2.24, 2.45) is 11.8 Å². The summed E-state index contributed by atoms with van der Waals surface area (Å²) in [5, 5.41) is 3.38. The van der Waals surface area contributed by atoms with E-state index in [2.05, 4.69) is 11.4 Å². The van der Waals surface area contributed by atoms with E-state index in [-0.39, 0.29) is 17.6 Å². The quantitative estimate of drug-likeness (QED) is 0.498. The van der Waals surface area contributed by atoms with Gasteiger partial charge >= 0.3 is 5.97 Å². The molecule has 3 unspecified atom stereocenters. The molecule has 37 heavy (non-hydrogen) atoms. The number of ketones is 1. The fourth-order valence-corrected chi connectivity index (χ4v) is 5.14. The van der Waals surface area contributed by atoms with Crippen LogP contribution in [0.4, 0.5) is 0 Å². The van der Waals surface area contributed by atoms with Crippen molar-refractivity contribution < 1.29 is 28.5 Å². The number of nitrogens with one attached hydrogen (secondary N) is 1. The van der Waals surface area contributed by atoms with Crippen LogP contribution < -0.4 is 19.5 Å². The summed E-state index contributed by atoms with van der Waals surface area (Å²) in [6.45, 7) is 6.14. The zero-order valence-corrected chi connectivity index (χ0v) is 22.3. The number of methoxy groups -OCH3 is 3. The minimum Gasteiger partial charge on any atom is -0.497 e. The van der Waals surface area contributed by atoms with Gasteiger partial charge in [0.1, 0.15) is 11.5 Å². The molecule has 0 saturated heterocycles. The molecule has 0 fully saturated rings. The lowest BCUT2D eigenvalue weighted by Gasteiger charge is -2.39. The van der Waals surface area contributed by atoms with E-state index in [1.807, 2.05) is 57.2 Å². The van der Waals surface area contributed by atoms with Gasteiger partial charge in [0.15, 0.2) is 11.5 Å². The molecular weight excluding hydrogens is 470 g/mol. The third-order valence-electron chi connectivity index (χ3n) is 6.94. The molecule has 0 amide bonds. The maximum absolute atomic E-state index is 13.8. The van der Waals surface area contributed by atoms with Gasteiger partial charge in [-0.25, -0.2) is 4.79 Å². The third kappa shape index (κ3) is 5.36. The lowest BCUT2D eigenvalue weighted by molar-refractivity contribution is -0.140. The van der Waals surface area contributed by atoms with Crippen molar-refractivity contribution in [3.63, 3.8) is 0 Å². The van der Waals surface area contributed by atoms with Crippen LogP contribution in [0.15, 0.2) is 65.5 Å². The van der Waals surface area contributed by atoms with Crippen molar-refractivity contribution in [1.29, 1.82) is 0 Å². The highest BCUT2D eigenvalue weighted by molar-refractivity contribution is 5.96. The van der Waals surface area contributed by atoms with E-state index in [4.69, 9.17) is 18.9 Å². The van der Waals surface area contributed by atoms with Crippen molar-refractivity contribution in [3.8, 4) is 17.2 Å². The molecule has 1 N–H and O–H groups in total. The molecule has 0 saturated carbocycles. The number of ether oxygens (including phenoxy) is 4. The first-order valence-corrected chi connectivity index (χ1v) is 12.5. The van der Waals surface area contributed by atoms with E-state index in [1.54, 1.807) is 27.4 Å². The van der Waals surface area contributed by atoms with Gasteiger partial charge in [0.25, 0.3) is 0 Å². The van der Waals surface area contributed by atoms with E-state index >= 15 is 0 Å². The number of Topliss-reactive ketones (excluding diaryl/α,β-unsaturated/α-hetero) is 1. The first-order valence-electron chi connectivity index (χ1n) is 12.5. The van der Waals surface area contributed by atoms with Gasteiger partial charge in [0.2, 0.25) is 0 Å². The molecule has 7 heteroatoms. The zero-order valence-electron chi connectivity index (χ0n) is 22.3. The number of rotatable bonds is 8. The Morgan fingerprint density at radius 3 is 2.24 bits per heavy atom. The molecule has 7 nitrogen and oxygen atoms in total. The average molecular weight is 506 g/mol. The lowest BCUT2D eigenvalue weighted by atomic mass is 9.68. The molecule has 1 aliphatic carbocycles. The molecule has 1 heterocycles. The van der Waals surface area contributed by atoms with Crippen molar-refractivity contribution >= 4 is 11.8 Å². The van der Waals surface area contributed by atoms with Crippen LogP contribution >= 0.6 is 0 Å². The van der Waals surface area contributed by atoms with Crippen LogP contribution in [0.2, 0.25) is 0 Å².